The number of ether oxygens (including phenoxy) is 1. The average molecular weight is 262 g/mol. The van der Waals surface area contributed by atoms with Gasteiger partial charge < -0.3 is 15.4 Å². The average Bonchev–Trinajstić information content (AvgIpc) is 2.40. The van der Waals surface area contributed by atoms with Gasteiger partial charge in [-0.2, -0.15) is 0 Å². The predicted molar refractivity (Wildman–Crippen MR) is 75.1 cm³/mol. The zero-order valence-electron chi connectivity index (χ0n) is 11.4. The largest absolute Gasteiger partial charge is 0.382 e. The lowest BCUT2D eigenvalue weighted by Gasteiger charge is -2.27. The highest BCUT2D eigenvalue weighted by Gasteiger charge is 2.15. The van der Waals surface area contributed by atoms with Gasteiger partial charge in [0.15, 0.2) is 0 Å². The highest BCUT2D eigenvalue weighted by molar-refractivity contribution is 5.93. The molecule has 0 saturated carbocycles. The van der Waals surface area contributed by atoms with Crippen LogP contribution in [0.15, 0.2) is 18.3 Å². The third-order valence-electron chi connectivity index (χ3n) is 3.46. The lowest BCUT2D eigenvalue weighted by Crippen LogP contribution is -2.29. The highest BCUT2D eigenvalue weighted by atomic mass is 16.5. The first-order valence-corrected chi connectivity index (χ1v) is 6.71. The Morgan fingerprint density at radius 1 is 1.53 bits per heavy atom. The third kappa shape index (κ3) is 4.29. The van der Waals surface area contributed by atoms with Crippen molar-refractivity contribution in [2.24, 2.45) is 11.7 Å². The second-order valence-corrected chi connectivity index (χ2v) is 5.22. The molecule has 1 aromatic heterocycles. The molecule has 1 aromatic rings. The van der Waals surface area contributed by atoms with E-state index in [1.807, 2.05) is 12.1 Å². The summed E-state index contributed by atoms with van der Waals surface area (Å²) in [4.78, 5) is 6.39. The fourth-order valence-electron chi connectivity index (χ4n) is 2.47. The maximum atomic E-state index is 7.41. The Balaban J connectivity index is 1.88. The van der Waals surface area contributed by atoms with Gasteiger partial charge in [0, 0.05) is 32.5 Å². The molecule has 5 nitrogen and oxygen atoms in total. The first kappa shape index (κ1) is 14.0. The second-order valence-electron chi connectivity index (χ2n) is 5.22. The van der Waals surface area contributed by atoms with E-state index in [-0.39, 0.29) is 5.84 Å². The molecule has 0 atom stereocenters. The molecule has 3 N–H and O–H groups in total. The van der Waals surface area contributed by atoms with Crippen LogP contribution in [0.2, 0.25) is 0 Å². The maximum Gasteiger partial charge on any atom is 0.141 e. The molecule has 0 bridgehead atoms. The van der Waals surface area contributed by atoms with E-state index in [1.54, 1.807) is 6.20 Å². The van der Waals surface area contributed by atoms with Crippen molar-refractivity contribution in [2.45, 2.75) is 19.4 Å². The van der Waals surface area contributed by atoms with Gasteiger partial charge in [0.1, 0.15) is 11.5 Å². The van der Waals surface area contributed by atoms with Gasteiger partial charge in [-0.05, 0) is 43.5 Å². The molecular weight excluding hydrogens is 240 g/mol. The first-order chi connectivity index (χ1) is 9.15. The molecule has 0 aromatic carbocycles. The molecule has 0 amide bonds. The van der Waals surface area contributed by atoms with Gasteiger partial charge >= 0.3 is 0 Å². The van der Waals surface area contributed by atoms with Crippen LogP contribution in [0, 0.1) is 11.3 Å². The fourth-order valence-corrected chi connectivity index (χ4v) is 2.47. The van der Waals surface area contributed by atoms with Crippen LogP contribution in [0.1, 0.15) is 24.1 Å². The van der Waals surface area contributed by atoms with Crippen molar-refractivity contribution >= 4 is 5.84 Å². The van der Waals surface area contributed by atoms with Crippen molar-refractivity contribution in [1.82, 2.24) is 9.88 Å². The minimum atomic E-state index is 0.0222. The predicted octanol–water partition coefficient (Wildman–Crippen LogP) is 1.22. The number of amidine groups is 1. The van der Waals surface area contributed by atoms with E-state index in [9.17, 15) is 0 Å². The molecular formula is C14H22N4O. The van der Waals surface area contributed by atoms with Crippen LogP contribution < -0.4 is 5.73 Å². The topological polar surface area (TPSA) is 75.2 Å². The molecule has 2 heterocycles. The normalized spacial score (nSPS) is 16.7. The van der Waals surface area contributed by atoms with Crippen LogP contribution in [-0.2, 0) is 11.3 Å². The maximum absolute atomic E-state index is 7.41. The van der Waals surface area contributed by atoms with Crippen molar-refractivity contribution in [3.8, 4) is 0 Å². The Kier molecular flexibility index (Phi) is 4.87. The Hall–Kier alpha value is -1.46. The van der Waals surface area contributed by atoms with Crippen molar-refractivity contribution in [2.75, 3.05) is 26.8 Å². The quantitative estimate of drug-likeness (QED) is 0.618. The van der Waals surface area contributed by atoms with Gasteiger partial charge in [-0.1, -0.05) is 0 Å². The van der Waals surface area contributed by atoms with E-state index in [2.05, 4.69) is 16.9 Å². The molecule has 0 aliphatic carbocycles. The Morgan fingerprint density at radius 2 is 2.26 bits per heavy atom. The minimum absolute atomic E-state index is 0.0222. The summed E-state index contributed by atoms with van der Waals surface area (Å²) in [6.45, 7) is 3.73. The summed E-state index contributed by atoms with van der Waals surface area (Å²) in [7, 11) is 2.13. The van der Waals surface area contributed by atoms with Crippen molar-refractivity contribution in [3.05, 3.63) is 29.6 Å². The van der Waals surface area contributed by atoms with Gasteiger partial charge in [-0.25, -0.2) is 0 Å². The lowest BCUT2D eigenvalue weighted by molar-refractivity contribution is 0.0549. The van der Waals surface area contributed by atoms with E-state index in [0.29, 0.717) is 5.69 Å². The monoisotopic (exact) mass is 262 g/mol. The third-order valence-corrected chi connectivity index (χ3v) is 3.46. The van der Waals surface area contributed by atoms with Gasteiger partial charge in [-0.3, -0.25) is 10.4 Å². The number of pyridine rings is 1. The molecule has 0 unspecified atom stereocenters. The molecule has 19 heavy (non-hydrogen) atoms. The van der Waals surface area contributed by atoms with E-state index < -0.39 is 0 Å². The molecule has 0 radical (unpaired) electrons. The zero-order chi connectivity index (χ0) is 13.7. The molecule has 1 aliphatic rings. The number of nitrogens with two attached hydrogens (primary N) is 1. The van der Waals surface area contributed by atoms with Crippen molar-refractivity contribution in [3.63, 3.8) is 0 Å². The molecule has 0 spiro atoms. The summed E-state index contributed by atoms with van der Waals surface area (Å²) < 4.78 is 5.38. The lowest BCUT2D eigenvalue weighted by atomic mass is 10.00. The Labute approximate surface area is 114 Å². The van der Waals surface area contributed by atoms with Crippen LogP contribution in [0.4, 0.5) is 0 Å². The summed E-state index contributed by atoms with van der Waals surface area (Å²) in [6.07, 6.45) is 4.02. The summed E-state index contributed by atoms with van der Waals surface area (Å²) in [6, 6.07) is 3.87. The summed E-state index contributed by atoms with van der Waals surface area (Å²) in [5, 5.41) is 7.41. The summed E-state index contributed by atoms with van der Waals surface area (Å²) >= 11 is 0. The van der Waals surface area contributed by atoms with Crippen LogP contribution >= 0.6 is 0 Å². The number of nitrogen functional groups attached to an aromatic ring is 1. The van der Waals surface area contributed by atoms with Crippen molar-refractivity contribution in [1.29, 1.82) is 5.41 Å². The molecule has 1 fully saturated rings. The Bertz CT molecular complexity index is 429. The van der Waals surface area contributed by atoms with Crippen LogP contribution in [-0.4, -0.2) is 42.5 Å². The SMILES string of the molecule is CN(Cc1ccnc(C(=N)N)c1)CC1CCOCC1. The number of aromatic nitrogens is 1. The number of rotatable bonds is 5. The molecule has 5 heteroatoms. The summed E-state index contributed by atoms with van der Waals surface area (Å²) in [5.41, 5.74) is 7.16. The first-order valence-electron chi connectivity index (χ1n) is 6.71. The molecule has 1 saturated heterocycles. The highest BCUT2D eigenvalue weighted by Crippen LogP contribution is 2.16. The van der Waals surface area contributed by atoms with E-state index in [4.69, 9.17) is 15.9 Å². The van der Waals surface area contributed by atoms with E-state index in [0.717, 1.165) is 50.6 Å². The minimum Gasteiger partial charge on any atom is -0.382 e. The van der Waals surface area contributed by atoms with Gasteiger partial charge in [0.25, 0.3) is 0 Å². The number of hydrogen-bond donors (Lipinski definition) is 2. The molecule has 2 rings (SSSR count). The van der Waals surface area contributed by atoms with Crippen LogP contribution in [0.5, 0.6) is 0 Å². The van der Waals surface area contributed by atoms with Crippen molar-refractivity contribution < 1.29 is 4.74 Å². The van der Waals surface area contributed by atoms with Crippen LogP contribution in [0.25, 0.3) is 0 Å². The number of nitrogens with zero attached hydrogens (tertiary/aromatic N) is 2. The van der Waals surface area contributed by atoms with Gasteiger partial charge in [-0.15, -0.1) is 0 Å². The number of nitrogens with one attached hydrogen (secondary N) is 1. The number of hydrogen-bond acceptors (Lipinski definition) is 4. The molecule has 104 valence electrons. The second kappa shape index (κ2) is 6.63. The zero-order valence-corrected chi connectivity index (χ0v) is 11.4. The van der Waals surface area contributed by atoms with Gasteiger partial charge in [0.05, 0.1) is 0 Å². The standard InChI is InChI=1S/C14H22N4O/c1-18(9-11-3-6-19-7-4-11)10-12-2-5-17-13(8-12)14(15)16/h2,5,8,11H,3-4,6-7,9-10H2,1H3,(H3,15,16). The van der Waals surface area contributed by atoms with Gasteiger partial charge in [0.2, 0.25) is 0 Å². The smallest absolute Gasteiger partial charge is 0.141 e. The van der Waals surface area contributed by atoms with E-state index in [1.165, 1.54) is 0 Å². The summed E-state index contributed by atoms with van der Waals surface area (Å²) in [5.74, 6) is 0.752. The van der Waals surface area contributed by atoms with E-state index >= 15 is 0 Å². The fraction of sp³-hybridized carbons (Fsp3) is 0.571. The van der Waals surface area contributed by atoms with Crippen LogP contribution in [0.3, 0.4) is 0 Å². The molecule has 1 aliphatic heterocycles. The Morgan fingerprint density at radius 3 is 2.95 bits per heavy atom.